The maximum atomic E-state index is 13.5. The molecule has 1 aromatic heterocycles. The molecule has 1 amide bonds. The molecule has 8 heteroatoms. The van der Waals surface area contributed by atoms with Gasteiger partial charge in [0, 0.05) is 11.6 Å². The summed E-state index contributed by atoms with van der Waals surface area (Å²) in [5.74, 6) is -3.82. The molecule has 6 nitrogen and oxygen atoms in total. The first-order valence-corrected chi connectivity index (χ1v) is 9.88. The highest BCUT2D eigenvalue weighted by Gasteiger charge is 2.38. The van der Waals surface area contributed by atoms with Gasteiger partial charge in [-0.05, 0) is 33.6 Å². The third-order valence-electron chi connectivity index (χ3n) is 3.85. The van der Waals surface area contributed by atoms with E-state index in [1.165, 1.54) is 37.1 Å². The number of ether oxygens (including phenoxy) is 1. The summed E-state index contributed by atoms with van der Waals surface area (Å²) in [6, 6.07) is 7.70. The van der Waals surface area contributed by atoms with Crippen LogP contribution in [-0.4, -0.2) is 27.9 Å². The fourth-order valence-electron chi connectivity index (χ4n) is 2.63. The first-order chi connectivity index (χ1) is 13.7. The minimum atomic E-state index is -3.20. The standard InChI is InChI=1S/C10H19NO2.C9H6F2N2O.C2H6/c1-10(2,3)13-9(12)11-8-6-4-5-7-8;10-9(11,8-12-6-14-13-8)7-4-2-1-3-5-7;1-2/h8H,4-7H2,1-3H3,(H,11,12);1-6H;1-2H3. The average Bonchev–Trinajstić information content (AvgIpc) is 3.37. The number of nitrogens with zero attached hydrogens (tertiary/aromatic N) is 2. The summed E-state index contributed by atoms with van der Waals surface area (Å²) in [6.45, 7) is 9.63. The van der Waals surface area contributed by atoms with E-state index in [1.54, 1.807) is 6.07 Å². The molecule has 0 saturated heterocycles. The van der Waals surface area contributed by atoms with E-state index in [4.69, 9.17) is 4.74 Å². The highest BCUT2D eigenvalue weighted by molar-refractivity contribution is 5.68. The van der Waals surface area contributed by atoms with Gasteiger partial charge in [-0.2, -0.15) is 13.8 Å². The monoisotopic (exact) mass is 411 g/mol. The van der Waals surface area contributed by atoms with Crippen molar-refractivity contribution in [2.45, 2.75) is 77.9 Å². The van der Waals surface area contributed by atoms with Crippen LogP contribution in [0.5, 0.6) is 0 Å². The van der Waals surface area contributed by atoms with E-state index >= 15 is 0 Å². The van der Waals surface area contributed by atoms with Crippen molar-refractivity contribution < 1.29 is 22.8 Å². The van der Waals surface area contributed by atoms with Gasteiger partial charge in [-0.25, -0.2) is 4.79 Å². The molecule has 1 aliphatic carbocycles. The summed E-state index contributed by atoms with van der Waals surface area (Å²) in [5, 5.41) is 6.00. The first-order valence-electron chi connectivity index (χ1n) is 9.88. The molecule has 2 aromatic rings. The Morgan fingerprint density at radius 2 is 1.72 bits per heavy atom. The Labute approximate surface area is 171 Å². The highest BCUT2D eigenvalue weighted by atomic mass is 19.3. The van der Waals surface area contributed by atoms with Crippen LogP contribution in [0, 0.1) is 0 Å². The van der Waals surface area contributed by atoms with Crippen LogP contribution in [0.1, 0.15) is 71.7 Å². The van der Waals surface area contributed by atoms with E-state index in [-0.39, 0.29) is 17.3 Å². The van der Waals surface area contributed by atoms with E-state index in [0.717, 1.165) is 19.2 Å². The molecule has 1 N–H and O–H groups in total. The summed E-state index contributed by atoms with van der Waals surface area (Å²) in [6.07, 6.45) is 5.24. The van der Waals surface area contributed by atoms with Gasteiger partial charge in [-0.1, -0.05) is 62.2 Å². The second-order valence-electron chi connectivity index (χ2n) is 7.32. The Morgan fingerprint density at radius 3 is 2.21 bits per heavy atom. The number of carbonyl (C=O) groups excluding carboxylic acids is 1. The zero-order chi connectivity index (χ0) is 21.9. The van der Waals surface area contributed by atoms with Crippen LogP contribution in [-0.2, 0) is 10.7 Å². The van der Waals surface area contributed by atoms with E-state index < -0.39 is 11.7 Å². The molecule has 0 spiro atoms. The van der Waals surface area contributed by atoms with Crippen LogP contribution in [0.2, 0.25) is 0 Å². The maximum absolute atomic E-state index is 13.5. The smallest absolute Gasteiger partial charge is 0.407 e. The summed E-state index contributed by atoms with van der Waals surface area (Å²) in [5.41, 5.74) is -0.538. The molecule has 0 unspecified atom stereocenters. The number of aromatic nitrogens is 2. The van der Waals surface area contributed by atoms with E-state index in [0.29, 0.717) is 6.04 Å². The van der Waals surface area contributed by atoms with Crippen molar-refractivity contribution >= 4 is 6.09 Å². The Bertz CT molecular complexity index is 696. The summed E-state index contributed by atoms with van der Waals surface area (Å²) in [7, 11) is 0. The molecule has 1 heterocycles. The number of amides is 1. The number of rotatable bonds is 3. The summed E-state index contributed by atoms with van der Waals surface area (Å²) in [4.78, 5) is 14.6. The average molecular weight is 411 g/mol. The fourth-order valence-corrected chi connectivity index (χ4v) is 2.63. The number of hydrogen-bond acceptors (Lipinski definition) is 5. The van der Waals surface area contributed by atoms with E-state index in [9.17, 15) is 13.6 Å². The van der Waals surface area contributed by atoms with Crippen molar-refractivity contribution in [3.8, 4) is 0 Å². The van der Waals surface area contributed by atoms with Crippen molar-refractivity contribution in [1.29, 1.82) is 0 Å². The third kappa shape index (κ3) is 8.58. The largest absolute Gasteiger partial charge is 0.444 e. The van der Waals surface area contributed by atoms with Gasteiger partial charge in [-0.3, -0.25) is 0 Å². The van der Waals surface area contributed by atoms with Gasteiger partial charge in [0.2, 0.25) is 12.2 Å². The van der Waals surface area contributed by atoms with Crippen LogP contribution < -0.4 is 5.32 Å². The molecule has 1 aromatic carbocycles. The van der Waals surface area contributed by atoms with Crippen LogP contribution in [0.15, 0.2) is 41.2 Å². The zero-order valence-electron chi connectivity index (χ0n) is 17.7. The summed E-state index contributed by atoms with van der Waals surface area (Å²) < 4.78 is 36.5. The molecule has 1 aliphatic rings. The lowest BCUT2D eigenvalue weighted by molar-refractivity contribution is 0.0304. The van der Waals surface area contributed by atoms with Gasteiger partial charge < -0.3 is 14.6 Å². The molecule has 0 atom stereocenters. The minimum Gasteiger partial charge on any atom is -0.444 e. The molecule has 29 heavy (non-hydrogen) atoms. The quantitative estimate of drug-likeness (QED) is 0.702. The number of hydrogen-bond donors (Lipinski definition) is 1. The number of halogens is 2. The molecule has 0 radical (unpaired) electrons. The zero-order valence-corrected chi connectivity index (χ0v) is 17.7. The van der Waals surface area contributed by atoms with Crippen molar-refractivity contribution in [1.82, 2.24) is 15.5 Å². The van der Waals surface area contributed by atoms with Gasteiger partial charge in [0.05, 0.1) is 0 Å². The van der Waals surface area contributed by atoms with Gasteiger partial charge in [0.15, 0.2) is 0 Å². The first kappa shape index (κ1) is 24.5. The highest BCUT2D eigenvalue weighted by Crippen LogP contribution is 2.32. The Hall–Kier alpha value is -2.51. The lowest BCUT2D eigenvalue weighted by Crippen LogP contribution is -2.37. The molecule has 1 fully saturated rings. The van der Waals surface area contributed by atoms with Gasteiger partial charge in [-0.15, -0.1) is 0 Å². The van der Waals surface area contributed by atoms with Crippen molar-refractivity contribution in [2.75, 3.05) is 0 Å². The second kappa shape index (κ2) is 11.5. The lowest BCUT2D eigenvalue weighted by atomic mass is 10.1. The van der Waals surface area contributed by atoms with Crippen molar-refractivity contribution in [3.63, 3.8) is 0 Å². The second-order valence-corrected chi connectivity index (χ2v) is 7.32. The van der Waals surface area contributed by atoms with E-state index in [1.807, 2.05) is 34.6 Å². The van der Waals surface area contributed by atoms with Gasteiger partial charge in [0.1, 0.15) is 5.60 Å². The predicted molar refractivity (Wildman–Crippen MR) is 107 cm³/mol. The number of benzene rings is 1. The van der Waals surface area contributed by atoms with Crippen molar-refractivity contribution in [3.05, 3.63) is 48.1 Å². The molecule has 1 saturated carbocycles. The SMILES string of the molecule is CC.CC(C)(C)OC(=O)NC1CCCC1.FC(F)(c1ccccc1)c1ncon1. The number of alkyl carbamates (subject to hydrolysis) is 1. The summed E-state index contributed by atoms with van der Waals surface area (Å²) >= 11 is 0. The Morgan fingerprint density at radius 1 is 1.14 bits per heavy atom. The van der Waals surface area contributed by atoms with Crippen LogP contribution >= 0.6 is 0 Å². The predicted octanol–water partition coefficient (Wildman–Crippen LogP) is 5.69. The van der Waals surface area contributed by atoms with Crippen LogP contribution in [0.25, 0.3) is 0 Å². The Kier molecular flexibility index (Phi) is 9.71. The molecule has 0 aliphatic heterocycles. The van der Waals surface area contributed by atoms with Crippen LogP contribution in [0.3, 0.4) is 0 Å². The van der Waals surface area contributed by atoms with E-state index in [2.05, 4.69) is 20.0 Å². The fraction of sp³-hybridized carbons (Fsp3) is 0.571. The molecular weight excluding hydrogens is 380 g/mol. The van der Waals surface area contributed by atoms with Gasteiger partial charge in [0.25, 0.3) is 0 Å². The van der Waals surface area contributed by atoms with Crippen molar-refractivity contribution in [2.24, 2.45) is 0 Å². The molecular formula is C21H31F2N3O3. The third-order valence-corrected chi connectivity index (χ3v) is 3.85. The number of alkyl halides is 2. The minimum absolute atomic E-state index is 0.151. The molecule has 3 rings (SSSR count). The lowest BCUT2D eigenvalue weighted by Gasteiger charge is -2.21. The number of carbonyl (C=O) groups is 1. The normalized spacial score (nSPS) is 14.2. The topological polar surface area (TPSA) is 77.2 Å². The molecule has 162 valence electrons. The Balaban J connectivity index is 0.000000268. The molecule has 0 bridgehead atoms. The number of nitrogens with one attached hydrogen (secondary N) is 1. The van der Waals surface area contributed by atoms with Gasteiger partial charge >= 0.3 is 12.0 Å². The van der Waals surface area contributed by atoms with Crippen LogP contribution in [0.4, 0.5) is 13.6 Å². The maximum Gasteiger partial charge on any atom is 0.407 e.